The number of aliphatic carboxylic acids is 1. The number of carboxylic acids is 1. The van der Waals surface area contributed by atoms with E-state index >= 15 is 0 Å². The van der Waals surface area contributed by atoms with Crippen LogP contribution < -0.4 is 10.6 Å². The molecule has 1 rings (SSSR count). The van der Waals surface area contributed by atoms with Gasteiger partial charge < -0.3 is 15.7 Å². The van der Waals surface area contributed by atoms with Crippen LogP contribution in [0.4, 0.5) is 0 Å². The van der Waals surface area contributed by atoms with Gasteiger partial charge in [0.25, 0.3) is 5.91 Å². The molecule has 0 aromatic carbocycles. The van der Waals surface area contributed by atoms with Crippen molar-refractivity contribution in [3.8, 4) is 0 Å². The summed E-state index contributed by atoms with van der Waals surface area (Å²) < 4.78 is 0. The Balaban J connectivity index is 0.000000980. The van der Waals surface area contributed by atoms with Crippen molar-refractivity contribution in [3.05, 3.63) is 30.1 Å². The van der Waals surface area contributed by atoms with Crippen molar-refractivity contribution in [2.75, 3.05) is 6.54 Å². The van der Waals surface area contributed by atoms with Crippen LogP contribution in [0.5, 0.6) is 0 Å². The molecule has 0 saturated heterocycles. The minimum atomic E-state index is -1.14. The van der Waals surface area contributed by atoms with Crippen LogP contribution in [0.1, 0.15) is 38.1 Å². The van der Waals surface area contributed by atoms with Gasteiger partial charge in [-0.2, -0.15) is 0 Å². The predicted molar refractivity (Wildman–Crippen MR) is 82.3 cm³/mol. The Morgan fingerprint density at radius 1 is 1.14 bits per heavy atom. The fourth-order valence-corrected chi connectivity index (χ4v) is 1.12. The van der Waals surface area contributed by atoms with Gasteiger partial charge in [0, 0.05) is 18.0 Å². The van der Waals surface area contributed by atoms with Gasteiger partial charge in [0.05, 0.1) is 6.54 Å². The van der Waals surface area contributed by atoms with Crippen molar-refractivity contribution < 1.29 is 19.5 Å². The van der Waals surface area contributed by atoms with E-state index in [4.69, 9.17) is 5.11 Å². The van der Waals surface area contributed by atoms with Gasteiger partial charge in [-0.05, 0) is 25.0 Å². The number of pyridine rings is 1. The second kappa shape index (κ2) is 10.3. The first kappa shape index (κ1) is 19.6. The Hall–Kier alpha value is -2.44. The van der Waals surface area contributed by atoms with E-state index in [2.05, 4.69) is 36.4 Å². The number of carboxylic acid groups (broad SMARTS) is 1. The average molecular weight is 309 g/mol. The molecule has 7 heteroatoms. The van der Waals surface area contributed by atoms with Gasteiger partial charge in [-0.3, -0.25) is 19.4 Å². The Morgan fingerprint density at radius 3 is 2.09 bits per heavy atom. The number of rotatable bonds is 5. The number of nitrogens with zero attached hydrogens (tertiary/aromatic N) is 1. The molecule has 7 nitrogen and oxygen atoms in total. The van der Waals surface area contributed by atoms with Crippen LogP contribution in [0.25, 0.3) is 0 Å². The standard InChI is InChI=1S/C11H13N3O4.C4H10/c1-7(11(17)18)14-9(15)6-13-10(16)8-2-4-12-5-3-8;1-4(2)3/h2-5,7H,6H2,1H3,(H,13,16)(H,14,15)(H,17,18);4H,1-3H3. The molecule has 0 aliphatic rings. The zero-order chi connectivity index (χ0) is 17.1. The highest BCUT2D eigenvalue weighted by Crippen LogP contribution is 1.94. The van der Waals surface area contributed by atoms with E-state index in [-0.39, 0.29) is 6.54 Å². The zero-order valence-electron chi connectivity index (χ0n) is 13.3. The maximum Gasteiger partial charge on any atom is 0.325 e. The molecule has 2 amide bonds. The lowest BCUT2D eigenvalue weighted by molar-refractivity contribution is -0.141. The fourth-order valence-electron chi connectivity index (χ4n) is 1.12. The van der Waals surface area contributed by atoms with Gasteiger partial charge >= 0.3 is 5.97 Å². The average Bonchev–Trinajstić information content (AvgIpc) is 2.45. The van der Waals surface area contributed by atoms with Crippen molar-refractivity contribution in [2.24, 2.45) is 5.92 Å². The highest BCUT2D eigenvalue weighted by atomic mass is 16.4. The number of carbonyl (C=O) groups is 3. The van der Waals surface area contributed by atoms with Gasteiger partial charge in [-0.25, -0.2) is 0 Å². The van der Waals surface area contributed by atoms with Crippen LogP contribution in [-0.2, 0) is 9.59 Å². The predicted octanol–water partition coefficient (Wildman–Crippen LogP) is 1.06. The van der Waals surface area contributed by atoms with E-state index in [9.17, 15) is 14.4 Å². The molecule has 0 radical (unpaired) electrons. The number of amides is 2. The van der Waals surface area contributed by atoms with Crippen LogP contribution in [0.2, 0.25) is 0 Å². The highest BCUT2D eigenvalue weighted by Gasteiger charge is 2.14. The molecule has 1 heterocycles. The molecule has 0 aliphatic carbocycles. The lowest BCUT2D eigenvalue weighted by Crippen LogP contribution is -2.44. The van der Waals surface area contributed by atoms with Gasteiger partial charge in [0.2, 0.25) is 5.91 Å². The molecule has 0 fully saturated rings. The second-order valence-electron chi connectivity index (χ2n) is 5.28. The van der Waals surface area contributed by atoms with E-state index < -0.39 is 23.8 Å². The molecule has 1 aromatic rings. The largest absolute Gasteiger partial charge is 0.480 e. The fraction of sp³-hybridized carbons (Fsp3) is 0.467. The van der Waals surface area contributed by atoms with Gasteiger partial charge in [0.15, 0.2) is 0 Å². The van der Waals surface area contributed by atoms with Crippen LogP contribution in [0, 0.1) is 5.92 Å². The molecule has 1 unspecified atom stereocenters. The van der Waals surface area contributed by atoms with Gasteiger partial charge in [0.1, 0.15) is 6.04 Å². The Labute approximate surface area is 130 Å². The summed E-state index contributed by atoms with van der Waals surface area (Å²) in [6.07, 6.45) is 2.92. The maximum atomic E-state index is 11.5. The molecule has 0 bridgehead atoms. The molecular weight excluding hydrogens is 286 g/mol. The molecule has 0 saturated carbocycles. The summed E-state index contributed by atoms with van der Waals surface area (Å²) in [6.45, 7) is 7.56. The van der Waals surface area contributed by atoms with Crippen molar-refractivity contribution in [1.82, 2.24) is 15.6 Å². The number of aromatic nitrogens is 1. The summed E-state index contributed by atoms with van der Waals surface area (Å²) in [5, 5.41) is 13.2. The van der Waals surface area contributed by atoms with E-state index in [0.29, 0.717) is 5.56 Å². The lowest BCUT2D eigenvalue weighted by atomic mass is 10.2. The van der Waals surface area contributed by atoms with Crippen molar-refractivity contribution in [2.45, 2.75) is 33.7 Å². The first-order valence-electron chi connectivity index (χ1n) is 6.94. The van der Waals surface area contributed by atoms with Crippen molar-refractivity contribution >= 4 is 17.8 Å². The monoisotopic (exact) mass is 309 g/mol. The number of carbonyl (C=O) groups excluding carboxylic acids is 2. The summed E-state index contributed by atoms with van der Waals surface area (Å²) in [4.78, 5) is 37.1. The first-order valence-corrected chi connectivity index (χ1v) is 6.94. The second-order valence-corrected chi connectivity index (χ2v) is 5.28. The first-order chi connectivity index (χ1) is 10.2. The third-order valence-corrected chi connectivity index (χ3v) is 2.10. The minimum absolute atomic E-state index is 0.279. The van der Waals surface area contributed by atoms with E-state index in [0.717, 1.165) is 5.92 Å². The summed E-state index contributed by atoms with van der Waals surface area (Å²) in [6, 6.07) is 2.02. The van der Waals surface area contributed by atoms with Crippen LogP contribution >= 0.6 is 0 Å². The van der Waals surface area contributed by atoms with Gasteiger partial charge in [-0.1, -0.05) is 20.8 Å². The van der Waals surface area contributed by atoms with Crippen LogP contribution in [-0.4, -0.2) is 40.5 Å². The molecule has 0 aliphatic heterocycles. The third-order valence-electron chi connectivity index (χ3n) is 2.10. The Morgan fingerprint density at radius 2 is 1.64 bits per heavy atom. The lowest BCUT2D eigenvalue weighted by Gasteiger charge is -2.09. The summed E-state index contributed by atoms with van der Waals surface area (Å²) in [5.74, 6) is -1.29. The number of nitrogens with one attached hydrogen (secondary N) is 2. The third kappa shape index (κ3) is 9.46. The smallest absolute Gasteiger partial charge is 0.325 e. The maximum absolute atomic E-state index is 11.5. The SMILES string of the molecule is CC(C)C.CC(NC(=O)CNC(=O)c1ccncc1)C(=O)O. The summed E-state index contributed by atoms with van der Waals surface area (Å²) >= 11 is 0. The van der Waals surface area contributed by atoms with Crippen molar-refractivity contribution in [1.29, 1.82) is 0 Å². The van der Waals surface area contributed by atoms with Crippen molar-refractivity contribution in [3.63, 3.8) is 0 Å². The normalized spacial score (nSPS) is 11.0. The molecule has 3 N–H and O–H groups in total. The summed E-state index contributed by atoms with van der Waals surface area (Å²) in [7, 11) is 0. The molecule has 1 atom stereocenters. The summed E-state index contributed by atoms with van der Waals surface area (Å²) in [5.41, 5.74) is 0.379. The molecule has 0 spiro atoms. The molecule has 22 heavy (non-hydrogen) atoms. The highest BCUT2D eigenvalue weighted by molar-refractivity contribution is 5.96. The van der Waals surface area contributed by atoms with E-state index in [1.165, 1.54) is 31.5 Å². The minimum Gasteiger partial charge on any atom is -0.480 e. The van der Waals surface area contributed by atoms with Gasteiger partial charge in [-0.15, -0.1) is 0 Å². The molecule has 122 valence electrons. The zero-order valence-corrected chi connectivity index (χ0v) is 13.3. The number of hydrogen-bond acceptors (Lipinski definition) is 4. The number of hydrogen-bond donors (Lipinski definition) is 3. The topological polar surface area (TPSA) is 108 Å². The van der Waals surface area contributed by atoms with Crippen LogP contribution in [0.15, 0.2) is 24.5 Å². The quantitative estimate of drug-likeness (QED) is 0.753. The molecular formula is C15H23N3O4. The molecule has 1 aromatic heterocycles. The Bertz CT molecular complexity index is 486. The van der Waals surface area contributed by atoms with E-state index in [1.54, 1.807) is 0 Å². The Kier molecular flexibility index (Phi) is 9.17. The van der Waals surface area contributed by atoms with Crippen LogP contribution in [0.3, 0.4) is 0 Å². The van der Waals surface area contributed by atoms with E-state index in [1.807, 2.05) is 0 Å².